The Morgan fingerprint density at radius 2 is 2.14 bits per heavy atom. The minimum absolute atomic E-state index is 0. The van der Waals surface area contributed by atoms with Gasteiger partial charge in [-0.05, 0) is 49.9 Å². The van der Waals surface area contributed by atoms with E-state index in [-0.39, 0.29) is 30.0 Å². The van der Waals surface area contributed by atoms with Gasteiger partial charge in [-0.2, -0.15) is 0 Å². The van der Waals surface area contributed by atoms with Gasteiger partial charge in [0.1, 0.15) is 5.82 Å². The quantitative estimate of drug-likeness (QED) is 0.905. The molecule has 1 aromatic rings. The van der Waals surface area contributed by atoms with Crippen LogP contribution in [-0.4, -0.2) is 36.5 Å². The number of rotatable bonds is 5. The van der Waals surface area contributed by atoms with E-state index in [4.69, 9.17) is 0 Å². The summed E-state index contributed by atoms with van der Waals surface area (Å²) >= 11 is 0. The summed E-state index contributed by atoms with van der Waals surface area (Å²) in [6, 6.07) is 7.10. The van der Waals surface area contributed by atoms with Crippen LogP contribution in [0.2, 0.25) is 0 Å². The first-order chi connectivity index (χ1) is 9.74. The van der Waals surface area contributed by atoms with Crippen molar-refractivity contribution in [3.8, 4) is 0 Å². The first-order valence-electron chi connectivity index (χ1n) is 7.49. The second-order valence-corrected chi connectivity index (χ2v) is 5.83. The standard InChI is InChI=1S/C16H21FN2O.ClH/c17-14-3-1-2-12(10-14)7-9-19(15-4-5-15)16(20)13-6-8-18-11-13;/h1-3,10,13,15,18H,4-9,11H2;1H. The fraction of sp³-hybridized carbons (Fsp3) is 0.562. The van der Waals surface area contributed by atoms with Crippen LogP contribution in [-0.2, 0) is 11.2 Å². The molecular weight excluding hydrogens is 291 g/mol. The van der Waals surface area contributed by atoms with Gasteiger partial charge in [-0.3, -0.25) is 4.79 Å². The average molecular weight is 313 g/mol. The van der Waals surface area contributed by atoms with Crippen LogP contribution in [0.15, 0.2) is 24.3 Å². The van der Waals surface area contributed by atoms with Gasteiger partial charge >= 0.3 is 0 Å². The molecule has 2 aliphatic rings. The highest BCUT2D eigenvalue weighted by Crippen LogP contribution is 2.29. The van der Waals surface area contributed by atoms with Crippen molar-refractivity contribution in [1.29, 1.82) is 0 Å². The molecular formula is C16H22ClFN2O. The molecule has 1 atom stereocenters. The van der Waals surface area contributed by atoms with Crippen molar-refractivity contribution in [3.63, 3.8) is 0 Å². The van der Waals surface area contributed by atoms with Crippen molar-refractivity contribution in [3.05, 3.63) is 35.6 Å². The SMILES string of the molecule is Cl.O=C(C1CCNC1)N(CCc1cccc(F)c1)C1CC1. The summed E-state index contributed by atoms with van der Waals surface area (Å²) in [6.45, 7) is 2.46. The molecule has 1 aliphatic carbocycles. The minimum atomic E-state index is -0.202. The van der Waals surface area contributed by atoms with Crippen LogP contribution in [0.25, 0.3) is 0 Å². The summed E-state index contributed by atoms with van der Waals surface area (Å²) < 4.78 is 13.2. The van der Waals surface area contributed by atoms with Crippen LogP contribution < -0.4 is 5.32 Å². The second kappa shape index (κ2) is 7.23. The van der Waals surface area contributed by atoms with Gasteiger partial charge in [-0.25, -0.2) is 4.39 Å². The predicted octanol–water partition coefficient (Wildman–Crippen LogP) is 2.39. The van der Waals surface area contributed by atoms with Gasteiger partial charge in [0, 0.05) is 19.1 Å². The Balaban J connectivity index is 0.00000161. The Labute approximate surface area is 131 Å². The number of nitrogens with one attached hydrogen (secondary N) is 1. The molecule has 1 aliphatic heterocycles. The molecule has 1 saturated heterocycles. The van der Waals surface area contributed by atoms with Crippen molar-refractivity contribution < 1.29 is 9.18 Å². The fourth-order valence-electron chi connectivity index (χ4n) is 2.90. The zero-order chi connectivity index (χ0) is 13.9. The number of carbonyl (C=O) groups is 1. The summed E-state index contributed by atoms with van der Waals surface area (Å²) in [5.41, 5.74) is 0.966. The molecule has 0 radical (unpaired) electrons. The molecule has 1 saturated carbocycles. The smallest absolute Gasteiger partial charge is 0.227 e. The van der Waals surface area contributed by atoms with Crippen LogP contribution in [0.4, 0.5) is 4.39 Å². The van der Waals surface area contributed by atoms with Gasteiger partial charge in [0.15, 0.2) is 0 Å². The summed E-state index contributed by atoms with van der Waals surface area (Å²) in [4.78, 5) is 14.6. The third kappa shape index (κ3) is 4.17. The Morgan fingerprint density at radius 3 is 2.76 bits per heavy atom. The zero-order valence-electron chi connectivity index (χ0n) is 12.1. The normalized spacial score (nSPS) is 20.9. The number of carbonyl (C=O) groups excluding carboxylic acids is 1. The lowest BCUT2D eigenvalue weighted by atomic mass is 10.1. The van der Waals surface area contributed by atoms with E-state index < -0.39 is 0 Å². The minimum Gasteiger partial charge on any atom is -0.339 e. The molecule has 1 heterocycles. The Morgan fingerprint density at radius 1 is 1.33 bits per heavy atom. The summed E-state index contributed by atoms with van der Waals surface area (Å²) in [6.07, 6.45) is 3.92. The van der Waals surface area contributed by atoms with E-state index in [9.17, 15) is 9.18 Å². The van der Waals surface area contributed by atoms with Crippen molar-refractivity contribution in [2.24, 2.45) is 5.92 Å². The second-order valence-electron chi connectivity index (χ2n) is 5.83. The van der Waals surface area contributed by atoms with Crippen molar-refractivity contribution in [2.45, 2.75) is 31.7 Å². The first-order valence-corrected chi connectivity index (χ1v) is 7.49. The van der Waals surface area contributed by atoms with Crippen LogP contribution >= 0.6 is 12.4 Å². The molecule has 1 unspecified atom stereocenters. The molecule has 1 N–H and O–H groups in total. The molecule has 3 rings (SSSR count). The van der Waals surface area contributed by atoms with Gasteiger partial charge in [-0.1, -0.05) is 12.1 Å². The van der Waals surface area contributed by atoms with E-state index in [1.807, 2.05) is 11.0 Å². The van der Waals surface area contributed by atoms with E-state index in [2.05, 4.69) is 5.32 Å². The van der Waals surface area contributed by atoms with Crippen molar-refractivity contribution in [2.75, 3.05) is 19.6 Å². The van der Waals surface area contributed by atoms with Crippen LogP contribution in [0.1, 0.15) is 24.8 Å². The zero-order valence-corrected chi connectivity index (χ0v) is 12.9. The highest BCUT2D eigenvalue weighted by atomic mass is 35.5. The maximum absolute atomic E-state index is 13.2. The van der Waals surface area contributed by atoms with Gasteiger partial charge in [0.05, 0.1) is 5.92 Å². The molecule has 2 fully saturated rings. The molecule has 1 amide bonds. The molecule has 0 spiro atoms. The fourth-order valence-corrected chi connectivity index (χ4v) is 2.90. The topological polar surface area (TPSA) is 32.3 Å². The maximum atomic E-state index is 13.2. The monoisotopic (exact) mass is 312 g/mol. The lowest BCUT2D eigenvalue weighted by Crippen LogP contribution is -2.40. The molecule has 21 heavy (non-hydrogen) atoms. The summed E-state index contributed by atoms with van der Waals surface area (Å²) in [5.74, 6) is 0.226. The van der Waals surface area contributed by atoms with Gasteiger partial charge in [-0.15, -0.1) is 12.4 Å². The Kier molecular flexibility index (Phi) is 5.59. The number of hydrogen-bond acceptors (Lipinski definition) is 2. The van der Waals surface area contributed by atoms with E-state index >= 15 is 0 Å². The number of hydrogen-bond donors (Lipinski definition) is 1. The molecule has 5 heteroatoms. The Bertz CT molecular complexity index is 487. The summed E-state index contributed by atoms with van der Waals surface area (Å²) in [7, 11) is 0. The van der Waals surface area contributed by atoms with Gasteiger partial charge in [0.25, 0.3) is 0 Å². The maximum Gasteiger partial charge on any atom is 0.227 e. The lowest BCUT2D eigenvalue weighted by molar-refractivity contribution is -0.135. The number of halogens is 2. The number of benzene rings is 1. The molecule has 3 nitrogen and oxygen atoms in total. The predicted molar refractivity (Wildman–Crippen MR) is 83.1 cm³/mol. The van der Waals surface area contributed by atoms with E-state index in [1.54, 1.807) is 12.1 Å². The van der Waals surface area contributed by atoms with Crippen LogP contribution in [0.3, 0.4) is 0 Å². The Hall–Kier alpha value is -1.13. The third-order valence-electron chi connectivity index (χ3n) is 4.21. The first kappa shape index (κ1) is 16.2. The number of nitrogens with zero attached hydrogens (tertiary/aromatic N) is 1. The highest BCUT2D eigenvalue weighted by Gasteiger charge is 2.36. The summed E-state index contributed by atoms with van der Waals surface area (Å²) in [5, 5.41) is 3.25. The number of amides is 1. The van der Waals surface area contributed by atoms with Gasteiger partial charge < -0.3 is 10.2 Å². The van der Waals surface area contributed by atoms with Crippen LogP contribution in [0.5, 0.6) is 0 Å². The largest absolute Gasteiger partial charge is 0.339 e. The highest BCUT2D eigenvalue weighted by molar-refractivity contribution is 5.85. The molecule has 0 aromatic heterocycles. The van der Waals surface area contributed by atoms with Gasteiger partial charge in [0.2, 0.25) is 5.91 Å². The molecule has 116 valence electrons. The average Bonchev–Trinajstić information content (AvgIpc) is 3.12. The lowest BCUT2D eigenvalue weighted by Gasteiger charge is -2.25. The van der Waals surface area contributed by atoms with E-state index in [0.717, 1.165) is 44.3 Å². The van der Waals surface area contributed by atoms with Crippen molar-refractivity contribution >= 4 is 18.3 Å². The van der Waals surface area contributed by atoms with Crippen LogP contribution in [0, 0.1) is 11.7 Å². The van der Waals surface area contributed by atoms with E-state index in [0.29, 0.717) is 12.6 Å². The third-order valence-corrected chi connectivity index (χ3v) is 4.21. The van der Waals surface area contributed by atoms with E-state index in [1.165, 1.54) is 6.07 Å². The molecule has 1 aromatic carbocycles. The molecule has 0 bridgehead atoms. The van der Waals surface area contributed by atoms with Crippen molar-refractivity contribution in [1.82, 2.24) is 10.2 Å².